The van der Waals surface area contributed by atoms with E-state index in [1.807, 2.05) is 47.4 Å². The summed E-state index contributed by atoms with van der Waals surface area (Å²) in [6.45, 7) is 0.609. The third kappa shape index (κ3) is 4.06. The minimum atomic E-state index is -3.24. The number of piperazine rings is 1. The van der Waals surface area contributed by atoms with Crippen molar-refractivity contribution in [2.45, 2.75) is 18.6 Å². The molecular formula is C21H23BrN2O5S. The highest BCUT2D eigenvalue weighted by molar-refractivity contribution is 9.10. The van der Waals surface area contributed by atoms with Crippen molar-refractivity contribution in [3.8, 4) is 11.5 Å². The van der Waals surface area contributed by atoms with Crippen molar-refractivity contribution in [1.29, 1.82) is 0 Å². The molecular weight excluding hydrogens is 472 g/mol. The lowest BCUT2D eigenvalue weighted by atomic mass is 10.0. The van der Waals surface area contributed by atoms with E-state index < -0.39 is 15.9 Å². The Morgan fingerprint density at radius 1 is 1.00 bits per heavy atom. The summed E-state index contributed by atoms with van der Waals surface area (Å²) in [5, 5.41) is 0. The molecule has 2 aliphatic rings. The molecule has 4 rings (SSSR count). The lowest BCUT2D eigenvalue weighted by Gasteiger charge is -2.43. The van der Waals surface area contributed by atoms with E-state index in [1.54, 1.807) is 19.1 Å². The van der Waals surface area contributed by atoms with Crippen molar-refractivity contribution in [2.24, 2.45) is 0 Å². The van der Waals surface area contributed by atoms with Crippen molar-refractivity contribution in [1.82, 2.24) is 4.90 Å². The normalized spacial score (nSPS) is 23.3. The van der Waals surface area contributed by atoms with Crippen LogP contribution in [0.2, 0.25) is 0 Å². The Kier molecular flexibility index (Phi) is 5.78. The van der Waals surface area contributed by atoms with Crippen LogP contribution < -0.4 is 14.4 Å². The number of hydrogen-bond donors (Lipinski definition) is 0. The van der Waals surface area contributed by atoms with Crippen molar-refractivity contribution in [2.75, 3.05) is 37.2 Å². The van der Waals surface area contributed by atoms with Gasteiger partial charge < -0.3 is 14.4 Å². The molecule has 2 aromatic rings. The van der Waals surface area contributed by atoms with Crippen LogP contribution >= 0.6 is 15.9 Å². The van der Waals surface area contributed by atoms with Crippen LogP contribution in [-0.2, 0) is 21.2 Å². The van der Waals surface area contributed by atoms with Gasteiger partial charge in [-0.2, -0.15) is 0 Å². The highest BCUT2D eigenvalue weighted by atomic mass is 79.9. The van der Waals surface area contributed by atoms with Gasteiger partial charge in [0.15, 0.2) is 21.3 Å². The van der Waals surface area contributed by atoms with Gasteiger partial charge in [0.2, 0.25) is 5.91 Å². The summed E-state index contributed by atoms with van der Waals surface area (Å²) in [5.41, 5.74) is 1.65. The van der Waals surface area contributed by atoms with Crippen LogP contribution in [0.1, 0.15) is 5.56 Å². The van der Waals surface area contributed by atoms with Crippen LogP contribution in [0.3, 0.4) is 0 Å². The quantitative estimate of drug-likeness (QED) is 0.635. The molecule has 0 saturated carbocycles. The maximum atomic E-state index is 13.1. The summed E-state index contributed by atoms with van der Waals surface area (Å²) in [7, 11) is -0.0935. The molecule has 2 atom stereocenters. The maximum absolute atomic E-state index is 13.1. The number of carbonyl (C=O) groups is 1. The monoisotopic (exact) mass is 494 g/mol. The van der Waals surface area contributed by atoms with E-state index in [9.17, 15) is 13.2 Å². The van der Waals surface area contributed by atoms with Gasteiger partial charge in [-0.15, -0.1) is 0 Å². The third-order valence-electron chi connectivity index (χ3n) is 5.64. The van der Waals surface area contributed by atoms with E-state index in [0.717, 1.165) is 15.7 Å². The SMILES string of the molecule is COc1ccc(CN2CC(=O)N(c3ccc(Br)cc3)[C@@H]3CS(=O)(=O)C[C@@H]32)cc1OC. The summed E-state index contributed by atoms with van der Waals surface area (Å²) in [4.78, 5) is 16.7. The summed E-state index contributed by atoms with van der Waals surface area (Å²) >= 11 is 3.40. The first-order chi connectivity index (χ1) is 14.3. The predicted octanol–water partition coefficient (Wildman–Crippen LogP) is 2.48. The topological polar surface area (TPSA) is 76.2 Å². The first-order valence-electron chi connectivity index (χ1n) is 9.54. The molecule has 2 fully saturated rings. The van der Waals surface area contributed by atoms with Gasteiger partial charge in [-0.3, -0.25) is 9.69 Å². The number of methoxy groups -OCH3 is 2. The number of ether oxygens (including phenoxy) is 2. The average molecular weight is 495 g/mol. The highest BCUT2D eigenvalue weighted by Crippen LogP contribution is 2.34. The van der Waals surface area contributed by atoms with Crippen LogP contribution in [-0.4, -0.2) is 63.6 Å². The Morgan fingerprint density at radius 3 is 2.33 bits per heavy atom. The van der Waals surface area contributed by atoms with Gasteiger partial charge in [0.05, 0.1) is 38.3 Å². The minimum Gasteiger partial charge on any atom is -0.493 e. The Balaban J connectivity index is 1.64. The van der Waals surface area contributed by atoms with Gasteiger partial charge in [-0.1, -0.05) is 22.0 Å². The van der Waals surface area contributed by atoms with Gasteiger partial charge in [0, 0.05) is 22.7 Å². The summed E-state index contributed by atoms with van der Waals surface area (Å²) in [6, 6.07) is 12.3. The number of benzene rings is 2. The predicted molar refractivity (Wildman–Crippen MR) is 118 cm³/mol. The van der Waals surface area contributed by atoms with E-state index in [-0.39, 0.29) is 30.0 Å². The van der Waals surface area contributed by atoms with Crippen molar-refractivity contribution in [3.63, 3.8) is 0 Å². The molecule has 2 aliphatic heterocycles. The standard InChI is InChI=1S/C21H23BrN2O5S/c1-28-19-8-3-14(9-20(19)29-2)10-23-11-21(25)24(16-6-4-15(22)5-7-16)18-13-30(26,27)12-17(18)23/h3-9,17-18H,10-13H2,1-2H3/t17-,18+/m0/s1. The number of anilines is 1. The number of sulfone groups is 1. The fraction of sp³-hybridized carbons (Fsp3) is 0.381. The zero-order valence-electron chi connectivity index (χ0n) is 16.7. The zero-order valence-corrected chi connectivity index (χ0v) is 19.1. The second kappa shape index (κ2) is 8.20. The molecule has 0 aliphatic carbocycles. The van der Waals surface area contributed by atoms with Gasteiger partial charge in [0.25, 0.3) is 0 Å². The Morgan fingerprint density at radius 2 is 1.67 bits per heavy atom. The second-order valence-corrected chi connectivity index (χ2v) is 10.6. The number of halogens is 1. The molecule has 0 unspecified atom stereocenters. The van der Waals surface area contributed by atoms with E-state index in [0.29, 0.717) is 18.0 Å². The fourth-order valence-electron chi connectivity index (χ4n) is 4.28. The summed E-state index contributed by atoms with van der Waals surface area (Å²) in [5.74, 6) is 1.15. The largest absolute Gasteiger partial charge is 0.493 e. The van der Waals surface area contributed by atoms with Crippen LogP contribution in [0.5, 0.6) is 11.5 Å². The van der Waals surface area contributed by atoms with Gasteiger partial charge in [-0.05, 0) is 42.0 Å². The number of carbonyl (C=O) groups excluding carboxylic acids is 1. The molecule has 7 nitrogen and oxygen atoms in total. The average Bonchev–Trinajstić information content (AvgIpc) is 3.04. The van der Waals surface area contributed by atoms with Crippen LogP contribution in [0, 0.1) is 0 Å². The lowest BCUT2D eigenvalue weighted by molar-refractivity contribution is -0.123. The smallest absolute Gasteiger partial charge is 0.241 e. The van der Waals surface area contributed by atoms with Gasteiger partial charge in [0.1, 0.15) is 0 Å². The highest BCUT2D eigenvalue weighted by Gasteiger charge is 2.49. The number of amides is 1. The maximum Gasteiger partial charge on any atom is 0.241 e. The molecule has 0 N–H and O–H groups in total. The molecule has 0 bridgehead atoms. The van der Waals surface area contributed by atoms with Crippen molar-refractivity contribution < 1.29 is 22.7 Å². The molecule has 0 spiro atoms. The van der Waals surface area contributed by atoms with Crippen LogP contribution in [0.15, 0.2) is 46.9 Å². The number of rotatable bonds is 5. The molecule has 1 amide bonds. The molecule has 2 heterocycles. The van der Waals surface area contributed by atoms with E-state index in [2.05, 4.69) is 15.9 Å². The summed E-state index contributed by atoms with van der Waals surface area (Å²) < 4.78 is 36.6. The molecule has 160 valence electrons. The zero-order chi connectivity index (χ0) is 21.5. The number of fused-ring (bicyclic) bond motifs is 1. The van der Waals surface area contributed by atoms with Gasteiger partial charge >= 0.3 is 0 Å². The molecule has 0 aromatic heterocycles. The van der Waals surface area contributed by atoms with Crippen LogP contribution in [0.25, 0.3) is 0 Å². The Hall–Kier alpha value is -2.10. The van der Waals surface area contributed by atoms with Gasteiger partial charge in [-0.25, -0.2) is 8.42 Å². The van der Waals surface area contributed by atoms with E-state index >= 15 is 0 Å². The fourth-order valence-corrected chi connectivity index (χ4v) is 6.53. The Bertz CT molecular complexity index is 1060. The second-order valence-electron chi connectivity index (χ2n) is 7.55. The molecule has 0 radical (unpaired) electrons. The molecule has 2 saturated heterocycles. The third-order valence-corrected chi connectivity index (χ3v) is 7.87. The van der Waals surface area contributed by atoms with Crippen molar-refractivity contribution in [3.05, 3.63) is 52.5 Å². The van der Waals surface area contributed by atoms with E-state index in [4.69, 9.17) is 9.47 Å². The molecule has 2 aromatic carbocycles. The minimum absolute atomic E-state index is 0.0259. The number of nitrogens with zero attached hydrogens (tertiary/aromatic N) is 2. The van der Waals surface area contributed by atoms with Crippen LogP contribution in [0.4, 0.5) is 5.69 Å². The van der Waals surface area contributed by atoms with Crippen molar-refractivity contribution >= 4 is 37.4 Å². The molecule has 9 heteroatoms. The first-order valence-corrected chi connectivity index (χ1v) is 12.2. The lowest BCUT2D eigenvalue weighted by Crippen LogP contribution is -2.61. The first kappa shape index (κ1) is 21.1. The Labute approximate surface area is 184 Å². The summed E-state index contributed by atoms with van der Waals surface area (Å²) in [6.07, 6.45) is 0. The molecule has 30 heavy (non-hydrogen) atoms. The van der Waals surface area contributed by atoms with E-state index in [1.165, 1.54) is 0 Å². The number of hydrogen-bond acceptors (Lipinski definition) is 6.